The molecule has 2 aromatic rings. The number of rotatable bonds is 7. The van der Waals surface area contributed by atoms with Crippen LogP contribution >= 0.6 is 0 Å². The summed E-state index contributed by atoms with van der Waals surface area (Å²) in [5, 5.41) is 14.8. The van der Waals surface area contributed by atoms with E-state index in [2.05, 4.69) is 10.2 Å². The number of nitro groups is 1. The van der Waals surface area contributed by atoms with Crippen LogP contribution in [-0.4, -0.2) is 63.6 Å². The number of nitro benzene ring substituents is 1. The van der Waals surface area contributed by atoms with E-state index in [0.717, 1.165) is 31.3 Å². The zero-order valence-corrected chi connectivity index (χ0v) is 18.3. The summed E-state index contributed by atoms with van der Waals surface area (Å²) >= 11 is 0. The van der Waals surface area contributed by atoms with Crippen molar-refractivity contribution in [2.45, 2.75) is 11.3 Å². The second-order valence-electron chi connectivity index (χ2n) is 7.91. The van der Waals surface area contributed by atoms with Crippen LogP contribution in [0.5, 0.6) is 0 Å². The van der Waals surface area contributed by atoms with Gasteiger partial charge in [0.1, 0.15) is 11.5 Å². The molecule has 2 aliphatic heterocycles. The van der Waals surface area contributed by atoms with Crippen LogP contribution in [0.4, 0.5) is 21.5 Å². The van der Waals surface area contributed by atoms with Gasteiger partial charge in [0.05, 0.1) is 23.0 Å². The van der Waals surface area contributed by atoms with Crippen LogP contribution in [-0.2, 0) is 14.8 Å². The minimum Gasteiger partial charge on any atom is -0.379 e. The highest BCUT2D eigenvalue weighted by Gasteiger charge is 2.29. The van der Waals surface area contributed by atoms with Crippen LogP contribution < -0.4 is 10.2 Å². The van der Waals surface area contributed by atoms with Gasteiger partial charge in [0.25, 0.3) is 5.69 Å². The summed E-state index contributed by atoms with van der Waals surface area (Å²) in [6.07, 6.45) is 0.891. The maximum absolute atomic E-state index is 13.1. The van der Waals surface area contributed by atoms with Gasteiger partial charge in [-0.1, -0.05) is 0 Å². The molecule has 0 bridgehead atoms. The lowest BCUT2D eigenvalue weighted by Crippen LogP contribution is -2.40. The lowest BCUT2D eigenvalue weighted by atomic mass is 10.1. The molecule has 1 unspecified atom stereocenters. The van der Waals surface area contributed by atoms with Gasteiger partial charge in [-0.05, 0) is 48.7 Å². The molecule has 4 rings (SSSR count). The largest absolute Gasteiger partial charge is 0.379 e. The Morgan fingerprint density at radius 2 is 1.84 bits per heavy atom. The fourth-order valence-electron chi connectivity index (χ4n) is 4.05. The molecule has 0 spiro atoms. The summed E-state index contributed by atoms with van der Waals surface area (Å²) in [5.41, 5.74) is 0.960. The Morgan fingerprint density at radius 1 is 1.12 bits per heavy atom. The number of morpholine rings is 1. The first kappa shape index (κ1) is 22.4. The Kier molecular flexibility index (Phi) is 6.58. The molecule has 0 saturated carbocycles. The summed E-state index contributed by atoms with van der Waals surface area (Å²) in [6, 6.07) is 10.3. The lowest BCUT2D eigenvalue weighted by molar-refractivity contribution is -0.384. The third-order valence-corrected chi connectivity index (χ3v) is 7.73. The number of hydrogen-bond donors (Lipinski definition) is 1. The minimum atomic E-state index is -3.82. The van der Waals surface area contributed by atoms with Gasteiger partial charge in [-0.2, -0.15) is 4.31 Å². The number of nitrogens with one attached hydrogen (secondary N) is 1. The van der Waals surface area contributed by atoms with E-state index in [0.29, 0.717) is 19.8 Å². The van der Waals surface area contributed by atoms with Crippen molar-refractivity contribution in [1.82, 2.24) is 4.31 Å². The molecule has 32 heavy (non-hydrogen) atoms. The predicted molar refractivity (Wildman–Crippen MR) is 118 cm³/mol. The molecule has 2 saturated heterocycles. The van der Waals surface area contributed by atoms with Crippen molar-refractivity contribution < 1.29 is 22.5 Å². The van der Waals surface area contributed by atoms with Crippen molar-refractivity contribution >= 4 is 27.1 Å². The van der Waals surface area contributed by atoms with Crippen LogP contribution in [0.2, 0.25) is 0 Å². The fourth-order valence-corrected chi connectivity index (χ4v) is 5.48. The first-order valence-corrected chi connectivity index (χ1v) is 11.9. The Bertz CT molecular complexity index is 1070. The molecule has 2 heterocycles. The number of hydrogen-bond acceptors (Lipinski definition) is 7. The molecular weight excluding hydrogens is 439 g/mol. The van der Waals surface area contributed by atoms with Crippen LogP contribution in [0.25, 0.3) is 0 Å². The number of ether oxygens (including phenoxy) is 1. The van der Waals surface area contributed by atoms with E-state index in [1.807, 2.05) is 0 Å². The topological polar surface area (TPSA) is 105 Å². The highest BCUT2D eigenvalue weighted by molar-refractivity contribution is 7.89. The first-order chi connectivity index (χ1) is 15.3. The summed E-state index contributed by atoms with van der Waals surface area (Å²) in [5.74, 6) is -0.0334. The minimum absolute atomic E-state index is 0.0972. The van der Waals surface area contributed by atoms with Gasteiger partial charge in [-0.3, -0.25) is 10.1 Å². The molecule has 2 aliphatic rings. The zero-order chi connectivity index (χ0) is 22.7. The van der Waals surface area contributed by atoms with Crippen LogP contribution in [0.15, 0.2) is 47.4 Å². The molecule has 1 atom stereocenters. The molecular formula is C21H25FN4O5S. The normalized spacial score (nSPS) is 19.8. The third-order valence-electron chi connectivity index (χ3n) is 5.83. The van der Waals surface area contributed by atoms with Crippen molar-refractivity contribution in [2.75, 3.05) is 56.2 Å². The van der Waals surface area contributed by atoms with Crippen LogP contribution in [0, 0.1) is 21.8 Å². The van der Waals surface area contributed by atoms with E-state index in [-0.39, 0.29) is 41.1 Å². The Labute approximate surface area is 186 Å². The maximum Gasteiger partial charge on any atom is 0.293 e. The molecule has 9 nitrogen and oxygen atoms in total. The van der Waals surface area contributed by atoms with Gasteiger partial charge in [0.15, 0.2) is 0 Å². The maximum atomic E-state index is 13.1. The molecule has 0 aromatic heterocycles. The number of halogens is 1. The monoisotopic (exact) mass is 464 g/mol. The van der Waals surface area contributed by atoms with Crippen LogP contribution in [0.1, 0.15) is 6.42 Å². The van der Waals surface area contributed by atoms with Gasteiger partial charge in [-0.15, -0.1) is 0 Å². The zero-order valence-electron chi connectivity index (χ0n) is 17.4. The summed E-state index contributed by atoms with van der Waals surface area (Å²) < 4.78 is 45.3. The first-order valence-electron chi connectivity index (χ1n) is 10.5. The standard InChI is InChI=1S/C21H25FN4O5S/c22-17-1-3-18(4-2-17)24-8-7-16(15-24)14-23-20-6-5-19(13-21(20)26(27)28)32(29,30)25-9-11-31-12-10-25/h1-6,13,16,23H,7-12,14-15H2. The number of nitrogens with zero attached hydrogens (tertiary/aromatic N) is 3. The fraction of sp³-hybridized carbons (Fsp3) is 0.429. The van der Waals surface area contributed by atoms with E-state index in [9.17, 15) is 22.9 Å². The smallest absolute Gasteiger partial charge is 0.293 e. The molecule has 172 valence electrons. The average Bonchev–Trinajstić information content (AvgIpc) is 3.27. The van der Waals surface area contributed by atoms with Gasteiger partial charge >= 0.3 is 0 Å². The van der Waals surface area contributed by atoms with Gasteiger partial charge < -0.3 is 15.0 Å². The van der Waals surface area contributed by atoms with Crippen molar-refractivity contribution in [3.63, 3.8) is 0 Å². The quantitative estimate of drug-likeness (QED) is 0.496. The van der Waals surface area contributed by atoms with E-state index in [1.165, 1.54) is 28.6 Å². The van der Waals surface area contributed by atoms with E-state index in [1.54, 1.807) is 12.1 Å². The molecule has 0 aliphatic carbocycles. The third kappa shape index (κ3) is 4.84. The average molecular weight is 465 g/mol. The molecule has 0 amide bonds. The number of anilines is 2. The highest BCUT2D eigenvalue weighted by Crippen LogP contribution is 2.30. The van der Waals surface area contributed by atoms with Crippen molar-refractivity contribution in [3.8, 4) is 0 Å². The van der Waals surface area contributed by atoms with Crippen molar-refractivity contribution in [2.24, 2.45) is 5.92 Å². The lowest BCUT2D eigenvalue weighted by Gasteiger charge is -2.26. The van der Waals surface area contributed by atoms with E-state index >= 15 is 0 Å². The number of sulfonamides is 1. The predicted octanol–water partition coefficient (Wildman–Crippen LogP) is 2.69. The van der Waals surface area contributed by atoms with Gasteiger partial charge in [0.2, 0.25) is 10.0 Å². The molecule has 2 fully saturated rings. The summed E-state index contributed by atoms with van der Waals surface area (Å²) in [6.45, 7) is 3.13. The van der Waals surface area contributed by atoms with Gasteiger partial charge in [-0.25, -0.2) is 12.8 Å². The summed E-state index contributed by atoms with van der Waals surface area (Å²) in [7, 11) is -3.82. The molecule has 11 heteroatoms. The van der Waals surface area contributed by atoms with Crippen molar-refractivity contribution in [1.29, 1.82) is 0 Å². The second-order valence-corrected chi connectivity index (χ2v) is 9.85. The van der Waals surface area contributed by atoms with Gasteiger partial charge in [0, 0.05) is 44.5 Å². The Balaban J connectivity index is 1.43. The van der Waals surface area contributed by atoms with E-state index < -0.39 is 14.9 Å². The Hall–Kier alpha value is -2.76. The Morgan fingerprint density at radius 3 is 2.53 bits per heavy atom. The molecule has 1 N–H and O–H groups in total. The van der Waals surface area contributed by atoms with Crippen molar-refractivity contribution in [3.05, 3.63) is 58.4 Å². The molecule has 2 aromatic carbocycles. The molecule has 0 radical (unpaired) electrons. The van der Waals surface area contributed by atoms with Crippen LogP contribution in [0.3, 0.4) is 0 Å². The second kappa shape index (κ2) is 9.39. The number of benzene rings is 2. The summed E-state index contributed by atoms with van der Waals surface area (Å²) in [4.78, 5) is 13.1. The highest BCUT2D eigenvalue weighted by atomic mass is 32.2. The SMILES string of the molecule is O=[N+]([O-])c1cc(S(=O)(=O)N2CCOCC2)ccc1NCC1CCN(c2ccc(F)cc2)C1. The van der Waals surface area contributed by atoms with E-state index in [4.69, 9.17) is 4.74 Å².